The Balaban J connectivity index is 2.60. The van der Waals surface area contributed by atoms with Crippen molar-refractivity contribution in [3.8, 4) is 12.3 Å². The highest BCUT2D eigenvalue weighted by molar-refractivity contribution is 5.46. The molecule has 1 aliphatic carbocycles. The second-order valence-corrected chi connectivity index (χ2v) is 6.91. The Bertz CT molecular complexity index is 687. The van der Waals surface area contributed by atoms with E-state index in [1.54, 1.807) is 0 Å². The summed E-state index contributed by atoms with van der Waals surface area (Å²) in [7, 11) is 0. The van der Waals surface area contributed by atoms with E-state index < -0.39 is 0 Å². The fourth-order valence-corrected chi connectivity index (χ4v) is 4.06. The Hall–Kier alpha value is -2.26. The highest BCUT2D eigenvalue weighted by atomic mass is 14.3. The van der Waals surface area contributed by atoms with Crippen molar-refractivity contribution in [2.75, 3.05) is 0 Å². The molecule has 0 N–H and O–H groups in total. The molecule has 25 heavy (non-hydrogen) atoms. The number of rotatable bonds is 7. The molecular weight excluding hydrogens is 300 g/mol. The Labute approximate surface area is 154 Å². The van der Waals surface area contributed by atoms with E-state index >= 15 is 0 Å². The monoisotopic (exact) mass is 330 g/mol. The van der Waals surface area contributed by atoms with Crippen LogP contribution in [0.2, 0.25) is 0 Å². The van der Waals surface area contributed by atoms with Crippen LogP contribution >= 0.6 is 0 Å². The quantitative estimate of drug-likeness (QED) is 0.294. The minimum Gasteiger partial charge on any atom is -0.115 e. The largest absolute Gasteiger partial charge is 0.115 e. The SMILES string of the molecule is C#C/C=C\C(=C(\C)C=C)C(c1ccccc1CC=C)C1CCCCC1. The summed E-state index contributed by atoms with van der Waals surface area (Å²) in [4.78, 5) is 0. The van der Waals surface area contributed by atoms with Gasteiger partial charge < -0.3 is 0 Å². The summed E-state index contributed by atoms with van der Waals surface area (Å²) in [5.74, 6) is 3.69. The molecule has 0 nitrogen and oxygen atoms in total. The predicted molar refractivity (Wildman–Crippen MR) is 111 cm³/mol. The first-order valence-electron chi connectivity index (χ1n) is 9.37. The number of allylic oxidation sites excluding steroid dienone is 6. The van der Waals surface area contributed by atoms with Crippen LogP contribution in [0.1, 0.15) is 56.1 Å². The number of hydrogen-bond acceptors (Lipinski definition) is 0. The minimum atomic E-state index is 0.374. The topological polar surface area (TPSA) is 0 Å². The minimum absolute atomic E-state index is 0.374. The van der Waals surface area contributed by atoms with Crippen molar-refractivity contribution in [1.82, 2.24) is 0 Å². The van der Waals surface area contributed by atoms with Crippen LogP contribution in [0.25, 0.3) is 0 Å². The molecule has 1 unspecified atom stereocenters. The molecule has 0 spiro atoms. The van der Waals surface area contributed by atoms with Gasteiger partial charge in [-0.25, -0.2) is 0 Å². The Kier molecular flexibility index (Phi) is 7.55. The summed E-state index contributed by atoms with van der Waals surface area (Å²) in [6.45, 7) is 10.1. The van der Waals surface area contributed by atoms with E-state index in [-0.39, 0.29) is 0 Å². The Morgan fingerprint density at radius 1 is 1.24 bits per heavy atom. The van der Waals surface area contributed by atoms with E-state index in [4.69, 9.17) is 6.42 Å². The standard InChI is InChI=1S/C25H30/c1-5-8-18-23(20(4)7-3)25(22-16-10-9-11-17-22)24-19-13-12-15-21(24)14-6-2/h1,6-8,12-13,15,18-19,22,25H,2-3,9-11,14,16-17H2,4H3/b18-8-,23-20+. The molecule has 0 aliphatic heterocycles. The van der Waals surface area contributed by atoms with Gasteiger partial charge in [0.25, 0.3) is 0 Å². The molecule has 0 bridgehead atoms. The molecule has 130 valence electrons. The fourth-order valence-electron chi connectivity index (χ4n) is 4.06. The summed E-state index contributed by atoms with van der Waals surface area (Å²) in [6, 6.07) is 8.81. The van der Waals surface area contributed by atoms with Crippen molar-refractivity contribution in [2.45, 2.75) is 51.4 Å². The van der Waals surface area contributed by atoms with Gasteiger partial charge in [-0.2, -0.15) is 0 Å². The van der Waals surface area contributed by atoms with Gasteiger partial charge in [0.05, 0.1) is 0 Å². The van der Waals surface area contributed by atoms with Crippen molar-refractivity contribution in [1.29, 1.82) is 0 Å². The zero-order valence-corrected chi connectivity index (χ0v) is 15.5. The van der Waals surface area contributed by atoms with Gasteiger partial charge in [-0.15, -0.1) is 13.0 Å². The number of hydrogen-bond donors (Lipinski definition) is 0. The third-order valence-corrected chi connectivity index (χ3v) is 5.33. The van der Waals surface area contributed by atoms with Gasteiger partial charge in [0.1, 0.15) is 0 Å². The van der Waals surface area contributed by atoms with Gasteiger partial charge in [-0.3, -0.25) is 0 Å². The highest BCUT2D eigenvalue weighted by Crippen LogP contribution is 2.43. The molecule has 2 rings (SSSR count). The predicted octanol–water partition coefficient (Wildman–Crippen LogP) is 6.77. The van der Waals surface area contributed by atoms with Crippen LogP contribution in [0.4, 0.5) is 0 Å². The summed E-state index contributed by atoms with van der Waals surface area (Å²) in [6.07, 6.45) is 20.9. The molecule has 0 heteroatoms. The van der Waals surface area contributed by atoms with Gasteiger partial charge >= 0.3 is 0 Å². The lowest BCUT2D eigenvalue weighted by molar-refractivity contribution is 0.326. The smallest absolute Gasteiger partial charge is 0.0123 e. The molecular formula is C25H30. The van der Waals surface area contributed by atoms with Crippen LogP contribution in [0.15, 0.2) is 72.9 Å². The lowest BCUT2D eigenvalue weighted by Gasteiger charge is -2.33. The van der Waals surface area contributed by atoms with Crippen LogP contribution < -0.4 is 0 Å². The lowest BCUT2D eigenvalue weighted by atomic mass is 9.71. The van der Waals surface area contributed by atoms with E-state index in [2.05, 4.69) is 56.3 Å². The Morgan fingerprint density at radius 2 is 1.96 bits per heavy atom. The average Bonchev–Trinajstić information content (AvgIpc) is 2.66. The van der Waals surface area contributed by atoms with Gasteiger partial charge in [0, 0.05) is 5.92 Å². The molecule has 0 saturated heterocycles. The number of terminal acetylenes is 1. The first kappa shape index (κ1) is 19.1. The third kappa shape index (κ3) is 4.86. The molecule has 0 aromatic heterocycles. The first-order valence-corrected chi connectivity index (χ1v) is 9.37. The van der Waals surface area contributed by atoms with Crippen molar-refractivity contribution >= 4 is 0 Å². The summed E-state index contributed by atoms with van der Waals surface area (Å²) < 4.78 is 0. The zero-order valence-electron chi connectivity index (χ0n) is 15.5. The van der Waals surface area contributed by atoms with Crippen molar-refractivity contribution in [3.63, 3.8) is 0 Å². The molecule has 1 aliphatic rings. The van der Waals surface area contributed by atoms with Crippen molar-refractivity contribution in [3.05, 3.63) is 84.0 Å². The van der Waals surface area contributed by atoms with Gasteiger partial charge in [0.15, 0.2) is 0 Å². The first-order chi connectivity index (χ1) is 12.2. The maximum atomic E-state index is 5.51. The third-order valence-electron chi connectivity index (χ3n) is 5.33. The van der Waals surface area contributed by atoms with Crippen LogP contribution in [0.5, 0.6) is 0 Å². The summed E-state index contributed by atoms with van der Waals surface area (Å²) >= 11 is 0. The highest BCUT2D eigenvalue weighted by Gasteiger charge is 2.29. The van der Waals surface area contributed by atoms with E-state index in [1.807, 2.05) is 18.2 Å². The van der Waals surface area contributed by atoms with Crippen molar-refractivity contribution in [2.24, 2.45) is 5.92 Å². The van der Waals surface area contributed by atoms with Crippen LogP contribution in [-0.4, -0.2) is 0 Å². The average molecular weight is 331 g/mol. The summed E-state index contributed by atoms with van der Waals surface area (Å²) in [5.41, 5.74) is 5.33. The van der Waals surface area contributed by atoms with E-state index in [1.165, 1.54) is 54.4 Å². The Morgan fingerprint density at radius 3 is 2.60 bits per heavy atom. The maximum absolute atomic E-state index is 5.51. The molecule has 0 amide bonds. The van der Waals surface area contributed by atoms with E-state index in [9.17, 15) is 0 Å². The van der Waals surface area contributed by atoms with Crippen LogP contribution in [0.3, 0.4) is 0 Å². The fraction of sp³-hybridized carbons (Fsp3) is 0.360. The summed E-state index contributed by atoms with van der Waals surface area (Å²) in [5, 5.41) is 0. The van der Waals surface area contributed by atoms with Crippen LogP contribution in [0, 0.1) is 18.3 Å². The molecule has 0 radical (unpaired) electrons. The van der Waals surface area contributed by atoms with Crippen molar-refractivity contribution < 1.29 is 0 Å². The molecule has 0 heterocycles. The van der Waals surface area contributed by atoms with E-state index in [0.29, 0.717) is 11.8 Å². The molecule has 1 aromatic rings. The maximum Gasteiger partial charge on any atom is 0.0123 e. The van der Waals surface area contributed by atoms with Gasteiger partial charge in [-0.1, -0.05) is 68.2 Å². The van der Waals surface area contributed by atoms with E-state index in [0.717, 1.165) is 6.42 Å². The molecule has 1 fully saturated rings. The van der Waals surface area contributed by atoms with Gasteiger partial charge in [0.2, 0.25) is 0 Å². The molecule has 1 atom stereocenters. The van der Waals surface area contributed by atoms with Gasteiger partial charge in [-0.05, 0) is 66.5 Å². The second kappa shape index (κ2) is 9.90. The molecule has 1 aromatic carbocycles. The lowest BCUT2D eigenvalue weighted by Crippen LogP contribution is -2.20. The second-order valence-electron chi connectivity index (χ2n) is 6.91. The normalized spacial score (nSPS) is 17.6. The zero-order chi connectivity index (χ0) is 18.1. The van der Waals surface area contributed by atoms with Crippen LogP contribution in [-0.2, 0) is 6.42 Å². The number of benzene rings is 1. The molecule has 1 saturated carbocycles.